The number of hydrogen-bond donors (Lipinski definition) is 3. The monoisotopic (exact) mass is 1190 g/mol. The Hall–Kier alpha value is -2.81. The van der Waals surface area contributed by atoms with Crippen LogP contribution in [0.3, 0.4) is 0 Å². The lowest BCUT2D eigenvalue weighted by atomic mass is 9.78. The number of likely N-dealkylation sites (tertiary alicyclic amines) is 1. The van der Waals surface area contributed by atoms with E-state index in [1.165, 1.54) is 178 Å². The van der Waals surface area contributed by atoms with Crippen LogP contribution in [0.4, 0.5) is 4.79 Å². The molecular formula is C70H133N4O10-. The minimum absolute atomic E-state index is 0.0134. The number of rotatable bonds is 61. The van der Waals surface area contributed by atoms with Crippen molar-refractivity contribution in [3.63, 3.8) is 0 Å². The van der Waals surface area contributed by atoms with Crippen LogP contribution in [0.2, 0.25) is 0 Å². The van der Waals surface area contributed by atoms with Gasteiger partial charge in [-0.3, -0.25) is 24.1 Å². The number of amides is 5. The number of ether oxygens (including phenoxy) is 4. The summed E-state index contributed by atoms with van der Waals surface area (Å²) in [5.41, 5.74) is -0.860. The van der Waals surface area contributed by atoms with Gasteiger partial charge in [-0.2, -0.15) is 0 Å². The summed E-state index contributed by atoms with van der Waals surface area (Å²) in [4.78, 5) is 62.7. The topological polar surface area (TPSA) is 185 Å². The normalized spacial score (nSPS) is 15.0. The molecule has 1 rings (SSSR count). The van der Waals surface area contributed by atoms with Crippen molar-refractivity contribution in [3.8, 4) is 0 Å². The van der Waals surface area contributed by atoms with Crippen LogP contribution >= 0.6 is 0 Å². The Bertz CT molecular complexity index is 1610. The lowest BCUT2D eigenvalue weighted by Crippen LogP contribution is -2.36. The van der Waals surface area contributed by atoms with Gasteiger partial charge in [-0.25, -0.2) is 4.79 Å². The van der Waals surface area contributed by atoms with E-state index in [0.717, 1.165) is 63.4 Å². The summed E-state index contributed by atoms with van der Waals surface area (Å²) in [6.07, 6.45) is 46.8. The van der Waals surface area contributed by atoms with E-state index in [9.17, 15) is 29.1 Å². The molecule has 1 heterocycles. The van der Waals surface area contributed by atoms with Crippen LogP contribution in [0, 0.1) is 17.8 Å². The fraction of sp³-hybridized carbons (Fsp3) is 0.929. The molecule has 1 aliphatic rings. The van der Waals surface area contributed by atoms with Crippen LogP contribution in [-0.4, -0.2) is 111 Å². The van der Waals surface area contributed by atoms with E-state index >= 15 is 0 Å². The van der Waals surface area contributed by atoms with E-state index < -0.39 is 17.3 Å². The Morgan fingerprint density at radius 1 is 0.512 bits per heavy atom. The van der Waals surface area contributed by atoms with Crippen molar-refractivity contribution in [2.24, 2.45) is 17.8 Å². The number of nitrogens with one attached hydrogen (secondary N) is 3. The summed E-state index contributed by atoms with van der Waals surface area (Å²) in [7, 11) is 0. The molecular weight excluding hydrogens is 1060 g/mol. The van der Waals surface area contributed by atoms with Gasteiger partial charge in [-0.15, -0.1) is 6.61 Å². The number of carbonyl (C=O) groups is 5. The van der Waals surface area contributed by atoms with E-state index in [1.807, 2.05) is 27.7 Å². The van der Waals surface area contributed by atoms with Crippen molar-refractivity contribution in [1.29, 1.82) is 0 Å². The molecule has 4 unspecified atom stereocenters. The fourth-order valence-corrected chi connectivity index (χ4v) is 11.6. The minimum atomic E-state index is -0.435. The highest BCUT2D eigenvalue weighted by Crippen LogP contribution is 2.33. The summed E-state index contributed by atoms with van der Waals surface area (Å²) in [6, 6.07) is 0. The van der Waals surface area contributed by atoms with Crippen LogP contribution in [-0.2, 0) is 38.1 Å². The average molecular weight is 1190 g/mol. The molecule has 1 saturated heterocycles. The standard InChI is InChI=1S/C70H133N4O10/c1-9-11-13-15-17-19-21-22-24-26-28-33-42-63(62(43-34-31-39-54-75)41-32-27-25-23-20-18-16-14-12-10-2)44-40-55-81-61(4)47-56-82-68(80)73-50-37-29-35-45-64(76)71-51-48-69(5,6)83-57-49-70(7,8)84-58-52-72-65(77)46-36-30-38-53-74-66(78)59-60(3)67(74)79/h60-63H,9-59H2,1-8H3,(H,71,76)(H,72,77)(H,73,80)/q-1. The molecule has 0 aromatic heterocycles. The van der Waals surface area contributed by atoms with Gasteiger partial charge in [0.15, 0.2) is 0 Å². The number of hydrogen-bond acceptors (Lipinski definition) is 10. The molecule has 84 heavy (non-hydrogen) atoms. The quantitative estimate of drug-likeness (QED) is 0.0391. The van der Waals surface area contributed by atoms with Gasteiger partial charge < -0.3 is 40.0 Å². The fourth-order valence-electron chi connectivity index (χ4n) is 11.6. The van der Waals surface area contributed by atoms with Gasteiger partial charge in [0.2, 0.25) is 23.6 Å². The lowest BCUT2D eigenvalue weighted by Gasteiger charge is -2.30. The summed E-state index contributed by atoms with van der Waals surface area (Å²) in [5.74, 6) is 1.04. The second kappa shape index (κ2) is 53.2. The van der Waals surface area contributed by atoms with Gasteiger partial charge in [0.05, 0.1) is 37.1 Å². The molecule has 1 fully saturated rings. The third kappa shape index (κ3) is 46.4. The van der Waals surface area contributed by atoms with Crippen LogP contribution in [0.15, 0.2) is 0 Å². The second-order valence-electron chi connectivity index (χ2n) is 26.4. The predicted molar refractivity (Wildman–Crippen MR) is 344 cm³/mol. The molecule has 0 saturated carbocycles. The zero-order valence-corrected chi connectivity index (χ0v) is 55.9. The van der Waals surface area contributed by atoms with E-state index in [4.69, 9.17) is 18.9 Å². The van der Waals surface area contributed by atoms with Gasteiger partial charge in [-0.1, -0.05) is 213 Å². The highest BCUT2D eigenvalue weighted by atomic mass is 16.6. The molecule has 5 amide bonds. The Labute approximate surface area is 515 Å². The summed E-state index contributed by atoms with van der Waals surface area (Å²) < 4.78 is 24.0. The number of nitrogens with zero attached hydrogens (tertiary/aromatic N) is 1. The zero-order valence-electron chi connectivity index (χ0n) is 55.9. The minimum Gasteiger partial charge on any atom is -0.854 e. The van der Waals surface area contributed by atoms with Crippen molar-refractivity contribution in [3.05, 3.63) is 0 Å². The van der Waals surface area contributed by atoms with Crippen molar-refractivity contribution in [2.75, 3.05) is 59.2 Å². The van der Waals surface area contributed by atoms with Crippen LogP contribution in [0.5, 0.6) is 0 Å². The molecule has 0 bridgehead atoms. The van der Waals surface area contributed by atoms with E-state index in [0.29, 0.717) is 97.4 Å². The lowest BCUT2D eigenvalue weighted by molar-refractivity contribution is -0.368. The first-order valence-corrected chi connectivity index (χ1v) is 35.3. The largest absolute Gasteiger partial charge is 0.854 e. The predicted octanol–water partition coefficient (Wildman–Crippen LogP) is 16.0. The molecule has 1 aliphatic heterocycles. The third-order valence-corrected chi connectivity index (χ3v) is 17.4. The van der Waals surface area contributed by atoms with Crippen LogP contribution in [0.25, 0.3) is 0 Å². The van der Waals surface area contributed by atoms with Crippen molar-refractivity contribution < 1.29 is 48.0 Å². The third-order valence-electron chi connectivity index (χ3n) is 17.4. The molecule has 14 nitrogen and oxygen atoms in total. The molecule has 4 atom stereocenters. The number of carbonyl (C=O) groups excluding carboxylic acids is 5. The van der Waals surface area contributed by atoms with E-state index in [-0.39, 0.29) is 42.3 Å². The van der Waals surface area contributed by atoms with Gasteiger partial charge in [0.1, 0.15) is 0 Å². The van der Waals surface area contributed by atoms with Gasteiger partial charge in [0, 0.05) is 64.4 Å². The van der Waals surface area contributed by atoms with Crippen molar-refractivity contribution in [1.82, 2.24) is 20.9 Å². The zero-order chi connectivity index (χ0) is 61.8. The van der Waals surface area contributed by atoms with Crippen molar-refractivity contribution in [2.45, 2.75) is 342 Å². The number of imide groups is 1. The van der Waals surface area contributed by atoms with Gasteiger partial charge >= 0.3 is 6.09 Å². The SMILES string of the molecule is CCCCCCCCCCCCCCC(CCCOC(C)CCOC(=O)NCCCCCC(=O)NCCC(C)(C)OCCC(C)(C)OCCNC(=O)CCCCCN1C(=O)CC(C)C1=O)C(CCCCC[O-])CCCCCCCCCCCC. The number of alkyl carbamates (subject to hydrolysis) is 1. The van der Waals surface area contributed by atoms with Crippen molar-refractivity contribution >= 4 is 29.7 Å². The Balaban J connectivity index is 2.28. The molecule has 0 aromatic carbocycles. The second-order valence-corrected chi connectivity index (χ2v) is 26.4. The summed E-state index contributed by atoms with van der Waals surface area (Å²) >= 11 is 0. The first kappa shape index (κ1) is 79.2. The molecule has 0 aliphatic carbocycles. The van der Waals surface area contributed by atoms with Crippen LogP contribution < -0.4 is 21.1 Å². The highest BCUT2D eigenvalue weighted by molar-refractivity contribution is 6.03. The maximum absolute atomic E-state index is 12.6. The Morgan fingerprint density at radius 3 is 1.48 bits per heavy atom. The molecule has 494 valence electrons. The Kier molecular flexibility index (Phi) is 50.2. The maximum atomic E-state index is 12.6. The maximum Gasteiger partial charge on any atom is 0.407 e. The smallest absolute Gasteiger partial charge is 0.407 e. The average Bonchev–Trinajstić information content (AvgIpc) is 3.96. The van der Waals surface area contributed by atoms with Gasteiger partial charge in [0.25, 0.3) is 0 Å². The molecule has 0 aromatic rings. The van der Waals surface area contributed by atoms with Crippen LogP contribution in [0.1, 0.15) is 325 Å². The Morgan fingerprint density at radius 2 is 0.964 bits per heavy atom. The first-order valence-electron chi connectivity index (χ1n) is 35.3. The molecule has 3 N–H and O–H groups in total. The van der Waals surface area contributed by atoms with E-state index in [2.05, 4.69) is 36.7 Å². The first-order chi connectivity index (χ1) is 40.5. The van der Waals surface area contributed by atoms with Gasteiger partial charge in [-0.05, 0) is 97.8 Å². The van der Waals surface area contributed by atoms with E-state index in [1.54, 1.807) is 6.92 Å². The summed E-state index contributed by atoms with van der Waals surface area (Å²) in [5, 5.41) is 20.1. The highest BCUT2D eigenvalue weighted by Gasteiger charge is 2.35. The number of unbranched alkanes of at least 4 members (excludes halogenated alkanes) is 26. The molecule has 0 radical (unpaired) electrons. The molecule has 14 heteroatoms. The molecule has 0 spiro atoms. The summed E-state index contributed by atoms with van der Waals surface area (Å²) in [6.45, 7) is 20.4.